The van der Waals surface area contributed by atoms with E-state index in [4.69, 9.17) is 27.9 Å². The van der Waals surface area contributed by atoms with Gasteiger partial charge < -0.3 is 10.1 Å². The molecule has 0 amide bonds. The second-order valence-electron chi connectivity index (χ2n) is 5.66. The summed E-state index contributed by atoms with van der Waals surface area (Å²) in [5, 5.41) is 4.35. The first kappa shape index (κ1) is 19.6. The molecule has 3 rings (SSSR count). The van der Waals surface area contributed by atoms with Gasteiger partial charge in [0, 0.05) is 21.2 Å². The zero-order valence-corrected chi connectivity index (χ0v) is 18.3. The van der Waals surface area contributed by atoms with Gasteiger partial charge in [-0.15, -0.1) is 0 Å². The van der Waals surface area contributed by atoms with Crippen molar-refractivity contribution in [2.24, 2.45) is 0 Å². The lowest BCUT2D eigenvalue weighted by Gasteiger charge is -2.13. The van der Waals surface area contributed by atoms with Gasteiger partial charge >= 0.3 is 0 Å². The molecule has 1 N–H and O–H groups in total. The number of rotatable bonds is 6. The Morgan fingerprint density at radius 3 is 1.88 bits per heavy atom. The van der Waals surface area contributed by atoms with Crippen LogP contribution in [0.5, 0.6) is 5.75 Å². The number of ether oxygens (including phenoxy) is 1. The summed E-state index contributed by atoms with van der Waals surface area (Å²) in [6.07, 6.45) is 0. The van der Waals surface area contributed by atoms with Crippen molar-refractivity contribution < 1.29 is 4.74 Å². The van der Waals surface area contributed by atoms with E-state index in [1.807, 2.05) is 60.7 Å². The molecule has 0 radical (unpaired) electrons. The van der Waals surface area contributed by atoms with E-state index in [-0.39, 0.29) is 0 Å². The van der Waals surface area contributed by atoms with E-state index in [9.17, 15) is 0 Å². The fourth-order valence-corrected chi connectivity index (χ4v) is 3.53. The molecule has 26 heavy (non-hydrogen) atoms. The molecule has 0 atom stereocenters. The lowest BCUT2D eigenvalue weighted by atomic mass is 10.2. The molecular weight excluding hydrogens is 501 g/mol. The third-order valence-corrected chi connectivity index (χ3v) is 5.31. The Bertz CT molecular complexity index is 860. The van der Waals surface area contributed by atoms with Crippen molar-refractivity contribution in [3.05, 3.63) is 90.8 Å². The van der Waals surface area contributed by atoms with Crippen LogP contribution in [-0.2, 0) is 13.2 Å². The Kier molecular flexibility index (Phi) is 6.87. The molecule has 2 nitrogen and oxygen atoms in total. The molecule has 0 aliphatic rings. The molecule has 0 bridgehead atoms. The van der Waals surface area contributed by atoms with Gasteiger partial charge in [-0.2, -0.15) is 0 Å². The molecule has 0 heterocycles. The van der Waals surface area contributed by atoms with Crippen molar-refractivity contribution in [1.29, 1.82) is 0 Å². The molecule has 0 aliphatic heterocycles. The van der Waals surface area contributed by atoms with Gasteiger partial charge in [0.2, 0.25) is 0 Å². The fraction of sp³-hybridized carbons (Fsp3) is 0.100. The summed E-state index contributed by atoms with van der Waals surface area (Å²) in [6.45, 7) is 1.03. The van der Waals surface area contributed by atoms with Gasteiger partial charge in [0.15, 0.2) is 5.75 Å². The van der Waals surface area contributed by atoms with Gasteiger partial charge in [-0.1, -0.05) is 67.2 Å². The summed E-state index contributed by atoms with van der Waals surface area (Å²) < 4.78 is 7.89. The number of benzene rings is 3. The summed E-state index contributed by atoms with van der Waals surface area (Å²) in [4.78, 5) is 0. The molecule has 0 saturated heterocycles. The monoisotopic (exact) mass is 513 g/mol. The van der Waals surface area contributed by atoms with Crippen LogP contribution in [-0.4, -0.2) is 0 Å². The van der Waals surface area contributed by atoms with Crippen molar-refractivity contribution in [2.75, 3.05) is 5.32 Å². The first-order valence-corrected chi connectivity index (χ1v) is 10.2. The fourth-order valence-electron chi connectivity index (χ4n) is 2.36. The first-order chi connectivity index (χ1) is 12.5. The highest BCUT2D eigenvalue weighted by Gasteiger charge is 2.10. The number of nitrogens with one attached hydrogen (secondary N) is 1. The minimum absolute atomic E-state index is 0.406. The molecule has 0 fully saturated rings. The SMILES string of the molecule is Clc1cc(CNc2ccc(Br)cc2)cc(Cl)c1OCc1ccc(Br)cc1. The van der Waals surface area contributed by atoms with Crippen LogP contribution in [0.15, 0.2) is 69.6 Å². The molecule has 6 heteroatoms. The van der Waals surface area contributed by atoms with E-state index >= 15 is 0 Å². The van der Waals surface area contributed by atoms with Gasteiger partial charge in [-0.05, 0) is 59.7 Å². The topological polar surface area (TPSA) is 21.3 Å². The quantitative estimate of drug-likeness (QED) is 0.363. The maximum atomic E-state index is 6.38. The normalized spacial score (nSPS) is 10.6. The molecule has 0 aliphatic carbocycles. The maximum Gasteiger partial charge on any atom is 0.156 e. The van der Waals surface area contributed by atoms with Crippen LogP contribution in [0, 0.1) is 0 Å². The van der Waals surface area contributed by atoms with Crippen molar-refractivity contribution >= 4 is 60.7 Å². The van der Waals surface area contributed by atoms with E-state index in [0.717, 1.165) is 25.8 Å². The molecule has 3 aromatic carbocycles. The predicted octanol–water partition coefficient (Wildman–Crippen LogP) is 7.71. The summed E-state index contributed by atoms with van der Waals surface area (Å²) >= 11 is 19.6. The van der Waals surface area contributed by atoms with Gasteiger partial charge in [0.25, 0.3) is 0 Å². The first-order valence-electron chi connectivity index (χ1n) is 7.86. The number of halogens is 4. The van der Waals surface area contributed by atoms with E-state index < -0.39 is 0 Å². The second kappa shape index (κ2) is 9.14. The van der Waals surface area contributed by atoms with Gasteiger partial charge in [-0.3, -0.25) is 0 Å². The average Bonchev–Trinajstić information content (AvgIpc) is 2.62. The summed E-state index contributed by atoms with van der Waals surface area (Å²) in [6, 6.07) is 19.6. The lowest BCUT2D eigenvalue weighted by molar-refractivity contribution is 0.306. The molecule has 134 valence electrons. The standard InChI is InChI=1S/C20H15Br2Cl2NO/c21-15-3-1-13(2-4-15)12-26-20-18(23)9-14(10-19(20)24)11-25-17-7-5-16(22)6-8-17/h1-10,25H,11-12H2. The Balaban J connectivity index is 1.65. The predicted molar refractivity (Wildman–Crippen MR) is 116 cm³/mol. The molecule has 0 saturated carbocycles. The van der Waals surface area contributed by atoms with Gasteiger partial charge in [-0.25, -0.2) is 0 Å². The van der Waals surface area contributed by atoms with E-state index in [1.165, 1.54) is 0 Å². The van der Waals surface area contributed by atoms with Gasteiger partial charge in [0.1, 0.15) is 6.61 Å². The molecule has 0 aromatic heterocycles. The third kappa shape index (κ3) is 5.40. The number of anilines is 1. The minimum atomic E-state index is 0.406. The van der Waals surface area contributed by atoms with Crippen LogP contribution in [0.1, 0.15) is 11.1 Å². The van der Waals surface area contributed by atoms with E-state index in [2.05, 4.69) is 37.2 Å². The number of hydrogen-bond donors (Lipinski definition) is 1. The van der Waals surface area contributed by atoms with Crippen LogP contribution in [0.25, 0.3) is 0 Å². The lowest BCUT2D eigenvalue weighted by Crippen LogP contribution is -2.01. The smallest absolute Gasteiger partial charge is 0.156 e. The van der Waals surface area contributed by atoms with Crippen molar-refractivity contribution in [1.82, 2.24) is 0 Å². The molecule has 3 aromatic rings. The van der Waals surface area contributed by atoms with E-state index in [1.54, 1.807) is 0 Å². The zero-order chi connectivity index (χ0) is 18.5. The second-order valence-corrected chi connectivity index (χ2v) is 8.31. The molecule has 0 spiro atoms. The largest absolute Gasteiger partial charge is 0.486 e. The van der Waals surface area contributed by atoms with Crippen molar-refractivity contribution in [3.8, 4) is 5.75 Å². The van der Waals surface area contributed by atoms with Crippen LogP contribution < -0.4 is 10.1 Å². The van der Waals surface area contributed by atoms with Crippen LogP contribution >= 0.6 is 55.1 Å². The van der Waals surface area contributed by atoms with Crippen molar-refractivity contribution in [3.63, 3.8) is 0 Å². The highest BCUT2D eigenvalue weighted by atomic mass is 79.9. The number of hydrogen-bond acceptors (Lipinski definition) is 2. The van der Waals surface area contributed by atoms with E-state index in [0.29, 0.717) is 28.9 Å². The Morgan fingerprint density at radius 1 is 0.769 bits per heavy atom. The van der Waals surface area contributed by atoms with Crippen LogP contribution in [0.3, 0.4) is 0 Å². The summed E-state index contributed by atoms with van der Waals surface area (Å²) in [5.41, 5.74) is 3.05. The Hall–Kier alpha value is -1.20. The third-order valence-electron chi connectivity index (χ3n) is 3.70. The minimum Gasteiger partial charge on any atom is -0.486 e. The van der Waals surface area contributed by atoms with Gasteiger partial charge in [0.05, 0.1) is 10.0 Å². The van der Waals surface area contributed by atoms with Crippen LogP contribution in [0.2, 0.25) is 10.0 Å². The zero-order valence-electron chi connectivity index (χ0n) is 13.6. The Morgan fingerprint density at radius 2 is 1.31 bits per heavy atom. The maximum absolute atomic E-state index is 6.38. The molecular formula is C20H15Br2Cl2NO. The van der Waals surface area contributed by atoms with Crippen LogP contribution in [0.4, 0.5) is 5.69 Å². The molecule has 0 unspecified atom stereocenters. The van der Waals surface area contributed by atoms with Crippen molar-refractivity contribution in [2.45, 2.75) is 13.2 Å². The summed E-state index contributed by atoms with van der Waals surface area (Å²) in [7, 11) is 0. The average molecular weight is 516 g/mol. The highest BCUT2D eigenvalue weighted by molar-refractivity contribution is 9.10. The Labute approximate surface area is 179 Å². The highest BCUT2D eigenvalue weighted by Crippen LogP contribution is 2.35. The summed E-state index contributed by atoms with van der Waals surface area (Å²) in [5.74, 6) is 0.503.